The molecular formula is C16H18FN5O4. The molecule has 0 saturated heterocycles. The van der Waals surface area contributed by atoms with Crippen LogP contribution in [0.15, 0.2) is 35.3 Å². The molecule has 0 aliphatic heterocycles. The molecule has 10 heteroatoms. The second-order valence-corrected chi connectivity index (χ2v) is 5.05. The number of ether oxygens (including phenoxy) is 1. The number of nitrogens with zero attached hydrogens (tertiary/aromatic N) is 2. The van der Waals surface area contributed by atoms with Crippen LogP contribution < -0.4 is 26.4 Å². The molecule has 9 nitrogen and oxygen atoms in total. The van der Waals surface area contributed by atoms with Crippen LogP contribution in [0.2, 0.25) is 0 Å². The number of hydrogen-bond donors (Lipinski definition) is 3. The number of carbonyl (C=O) groups excluding carboxylic acids is 2. The molecule has 0 unspecified atom stereocenters. The van der Waals surface area contributed by atoms with Gasteiger partial charge >= 0.3 is 17.8 Å². The summed E-state index contributed by atoms with van der Waals surface area (Å²) in [4.78, 5) is 38.7. The minimum absolute atomic E-state index is 0.118. The second kappa shape index (κ2) is 8.60. The molecule has 0 saturated carbocycles. The summed E-state index contributed by atoms with van der Waals surface area (Å²) in [7, 11) is 1.50. The molecule has 3 amide bonds. The number of rotatable bonds is 5. The number of methoxy groups -OCH3 is 1. The lowest BCUT2D eigenvalue weighted by Gasteiger charge is -2.11. The smallest absolute Gasteiger partial charge is 0.358 e. The SMILES string of the molecule is CCNC(=O)n1cc(F)c(NC(=O)NCc2ccccc2OC)nc1=O. The highest BCUT2D eigenvalue weighted by Crippen LogP contribution is 2.16. The summed E-state index contributed by atoms with van der Waals surface area (Å²) in [5, 5.41) is 6.98. The monoisotopic (exact) mass is 363 g/mol. The fourth-order valence-corrected chi connectivity index (χ4v) is 2.08. The lowest BCUT2D eigenvalue weighted by Crippen LogP contribution is -2.38. The lowest BCUT2D eigenvalue weighted by atomic mass is 10.2. The van der Waals surface area contributed by atoms with E-state index in [1.54, 1.807) is 31.2 Å². The van der Waals surface area contributed by atoms with Crippen molar-refractivity contribution < 1.29 is 18.7 Å². The van der Waals surface area contributed by atoms with Crippen LogP contribution in [0.5, 0.6) is 5.75 Å². The van der Waals surface area contributed by atoms with Crippen molar-refractivity contribution in [3.8, 4) is 5.75 Å². The van der Waals surface area contributed by atoms with E-state index in [9.17, 15) is 18.8 Å². The molecule has 3 N–H and O–H groups in total. The van der Waals surface area contributed by atoms with Gasteiger partial charge in [-0.15, -0.1) is 0 Å². The molecule has 2 aromatic rings. The first-order valence-corrected chi connectivity index (χ1v) is 7.70. The van der Waals surface area contributed by atoms with Crippen LogP contribution in [-0.2, 0) is 6.54 Å². The number of halogens is 1. The van der Waals surface area contributed by atoms with E-state index in [0.29, 0.717) is 22.1 Å². The third-order valence-electron chi connectivity index (χ3n) is 3.29. The van der Waals surface area contributed by atoms with Crippen LogP contribution in [0.1, 0.15) is 12.5 Å². The molecule has 0 fully saturated rings. The van der Waals surface area contributed by atoms with E-state index < -0.39 is 29.4 Å². The van der Waals surface area contributed by atoms with Crippen LogP contribution in [0.4, 0.5) is 19.8 Å². The Morgan fingerprint density at radius 1 is 1.27 bits per heavy atom. The Hall–Kier alpha value is -3.43. The molecule has 1 aromatic heterocycles. The van der Waals surface area contributed by atoms with Crippen LogP contribution in [-0.4, -0.2) is 35.3 Å². The standard InChI is InChI=1S/C16H18FN5O4/c1-3-18-15(24)22-9-11(17)13(21-16(22)25)20-14(23)19-8-10-6-4-5-7-12(10)26-2/h4-7,9H,3,8H2,1-2H3,(H,18,24)(H2,19,20,21,23,25). The quantitative estimate of drug-likeness (QED) is 0.741. The molecule has 0 aliphatic rings. The van der Waals surface area contributed by atoms with Crippen LogP contribution in [0, 0.1) is 5.82 Å². The molecule has 2 rings (SSSR count). The Bertz CT molecular complexity index is 868. The van der Waals surface area contributed by atoms with Gasteiger partial charge in [-0.3, -0.25) is 5.32 Å². The van der Waals surface area contributed by atoms with E-state index >= 15 is 0 Å². The van der Waals surface area contributed by atoms with Gasteiger partial charge in [0.2, 0.25) is 0 Å². The lowest BCUT2D eigenvalue weighted by molar-refractivity contribution is 0.241. The van der Waals surface area contributed by atoms with Gasteiger partial charge in [0.05, 0.1) is 13.3 Å². The second-order valence-electron chi connectivity index (χ2n) is 5.05. The average Bonchev–Trinajstić information content (AvgIpc) is 2.63. The zero-order valence-corrected chi connectivity index (χ0v) is 14.2. The summed E-state index contributed by atoms with van der Waals surface area (Å²) < 4.78 is 19.7. The molecule has 0 spiro atoms. The van der Waals surface area contributed by atoms with E-state index in [1.807, 2.05) is 0 Å². The Balaban J connectivity index is 2.06. The van der Waals surface area contributed by atoms with E-state index in [1.165, 1.54) is 7.11 Å². The largest absolute Gasteiger partial charge is 0.496 e. The Morgan fingerprint density at radius 3 is 2.69 bits per heavy atom. The summed E-state index contributed by atoms with van der Waals surface area (Å²) in [5.74, 6) is -1.02. The number of aromatic nitrogens is 2. The Kier molecular flexibility index (Phi) is 6.25. The van der Waals surface area contributed by atoms with Crippen molar-refractivity contribution in [1.29, 1.82) is 0 Å². The summed E-state index contributed by atoms with van der Waals surface area (Å²) in [6, 6.07) is 5.47. The van der Waals surface area contributed by atoms with Crippen LogP contribution in [0.3, 0.4) is 0 Å². The minimum Gasteiger partial charge on any atom is -0.496 e. The highest BCUT2D eigenvalue weighted by molar-refractivity contribution is 5.88. The van der Waals surface area contributed by atoms with Crippen molar-refractivity contribution >= 4 is 17.9 Å². The first-order valence-electron chi connectivity index (χ1n) is 7.70. The van der Waals surface area contributed by atoms with E-state index in [2.05, 4.69) is 20.9 Å². The van der Waals surface area contributed by atoms with Gasteiger partial charge in [-0.1, -0.05) is 18.2 Å². The number of amides is 3. The molecule has 0 bridgehead atoms. The number of anilines is 1. The zero-order chi connectivity index (χ0) is 19.1. The van der Waals surface area contributed by atoms with Crippen molar-refractivity contribution in [3.05, 3.63) is 52.3 Å². The first-order chi connectivity index (χ1) is 12.5. The molecule has 0 atom stereocenters. The van der Waals surface area contributed by atoms with E-state index in [0.717, 1.165) is 0 Å². The highest BCUT2D eigenvalue weighted by atomic mass is 19.1. The fourth-order valence-electron chi connectivity index (χ4n) is 2.08. The van der Waals surface area contributed by atoms with Crippen LogP contribution >= 0.6 is 0 Å². The number of carbonyl (C=O) groups is 2. The Labute approximate surface area is 148 Å². The Morgan fingerprint density at radius 2 is 2.00 bits per heavy atom. The van der Waals surface area contributed by atoms with E-state index in [4.69, 9.17) is 4.74 Å². The van der Waals surface area contributed by atoms with Gasteiger partial charge in [0.25, 0.3) is 0 Å². The maximum Gasteiger partial charge on any atom is 0.358 e. The normalized spacial score (nSPS) is 10.1. The molecular weight excluding hydrogens is 345 g/mol. The summed E-state index contributed by atoms with van der Waals surface area (Å²) in [6.45, 7) is 2.03. The van der Waals surface area contributed by atoms with Gasteiger partial charge in [-0.2, -0.15) is 4.98 Å². The van der Waals surface area contributed by atoms with Crippen LogP contribution in [0.25, 0.3) is 0 Å². The van der Waals surface area contributed by atoms with Crippen molar-refractivity contribution in [2.45, 2.75) is 13.5 Å². The van der Waals surface area contributed by atoms with Crippen molar-refractivity contribution in [2.75, 3.05) is 19.0 Å². The first kappa shape index (κ1) is 18.9. The third-order valence-corrected chi connectivity index (χ3v) is 3.29. The van der Waals surface area contributed by atoms with Gasteiger partial charge in [0.15, 0.2) is 11.6 Å². The maximum absolute atomic E-state index is 14.0. The molecule has 138 valence electrons. The molecule has 1 aromatic carbocycles. The van der Waals surface area contributed by atoms with Crippen molar-refractivity contribution in [2.24, 2.45) is 0 Å². The molecule has 26 heavy (non-hydrogen) atoms. The number of para-hydroxylation sites is 1. The molecule has 0 radical (unpaired) electrons. The van der Waals surface area contributed by atoms with Crippen molar-refractivity contribution in [1.82, 2.24) is 20.2 Å². The predicted molar refractivity (Wildman–Crippen MR) is 91.8 cm³/mol. The van der Waals surface area contributed by atoms with Gasteiger partial charge in [-0.05, 0) is 13.0 Å². The van der Waals surface area contributed by atoms with Gasteiger partial charge < -0.3 is 15.4 Å². The number of urea groups is 1. The average molecular weight is 363 g/mol. The minimum atomic E-state index is -1.02. The maximum atomic E-state index is 14.0. The van der Waals surface area contributed by atoms with Crippen molar-refractivity contribution in [3.63, 3.8) is 0 Å². The summed E-state index contributed by atoms with van der Waals surface area (Å²) >= 11 is 0. The number of benzene rings is 1. The van der Waals surface area contributed by atoms with Gasteiger partial charge in [0, 0.05) is 18.7 Å². The third kappa shape index (κ3) is 4.56. The predicted octanol–water partition coefficient (Wildman–Crippen LogP) is 1.29. The van der Waals surface area contributed by atoms with Gasteiger partial charge in [-0.25, -0.2) is 23.3 Å². The number of nitrogens with one attached hydrogen (secondary N) is 3. The number of hydrogen-bond acceptors (Lipinski definition) is 5. The molecule has 1 heterocycles. The topological polar surface area (TPSA) is 114 Å². The molecule has 0 aliphatic carbocycles. The fraction of sp³-hybridized carbons (Fsp3) is 0.250. The van der Waals surface area contributed by atoms with E-state index in [-0.39, 0.29) is 13.1 Å². The van der Waals surface area contributed by atoms with Gasteiger partial charge in [0.1, 0.15) is 5.75 Å². The highest BCUT2D eigenvalue weighted by Gasteiger charge is 2.15. The summed E-state index contributed by atoms with van der Waals surface area (Å²) in [5.41, 5.74) is -0.303. The zero-order valence-electron chi connectivity index (χ0n) is 14.2. The summed E-state index contributed by atoms with van der Waals surface area (Å²) in [6.07, 6.45) is 0.663.